The first-order valence-electron chi connectivity index (χ1n) is 6.40. The highest BCUT2D eigenvalue weighted by Gasteiger charge is 2.24. The minimum absolute atomic E-state index is 0.127. The highest BCUT2D eigenvalue weighted by Crippen LogP contribution is 2.27. The van der Waals surface area contributed by atoms with Crippen molar-refractivity contribution in [2.45, 2.75) is 32.7 Å². The third-order valence-electron chi connectivity index (χ3n) is 3.35. The highest BCUT2D eigenvalue weighted by atomic mass is 79.9. The van der Waals surface area contributed by atoms with Crippen LogP contribution in [0.5, 0.6) is 0 Å². The van der Waals surface area contributed by atoms with Crippen LogP contribution < -0.4 is 5.56 Å². The van der Waals surface area contributed by atoms with E-state index >= 15 is 0 Å². The SMILES string of the molecule is Cc1nnc2n(CCCCF)c3c(c(=O)n12)CC(Br)=N3. The quantitative estimate of drug-likeness (QED) is 0.798. The second-order valence-corrected chi connectivity index (χ2v) is 5.62. The number of hydrogen-bond acceptors (Lipinski definition) is 4. The molecule has 0 radical (unpaired) electrons. The molecule has 3 rings (SSSR count). The molecule has 0 saturated heterocycles. The van der Waals surface area contributed by atoms with E-state index in [4.69, 9.17) is 0 Å². The first-order valence-corrected chi connectivity index (χ1v) is 7.19. The van der Waals surface area contributed by atoms with Crippen molar-refractivity contribution < 1.29 is 4.39 Å². The number of fused-ring (bicyclic) bond motifs is 2. The Balaban J connectivity index is 2.22. The van der Waals surface area contributed by atoms with Gasteiger partial charge in [0.15, 0.2) is 0 Å². The molecule has 6 nitrogen and oxygen atoms in total. The molecular formula is C12H13BrFN5O. The summed E-state index contributed by atoms with van der Waals surface area (Å²) < 4.78 is 16.4. The van der Waals surface area contributed by atoms with Crippen LogP contribution in [0, 0.1) is 6.92 Å². The molecule has 3 heterocycles. The molecule has 0 spiro atoms. The zero-order chi connectivity index (χ0) is 14.3. The summed E-state index contributed by atoms with van der Waals surface area (Å²) in [6, 6.07) is 0. The summed E-state index contributed by atoms with van der Waals surface area (Å²) in [6.45, 7) is 1.96. The van der Waals surface area contributed by atoms with E-state index in [-0.39, 0.29) is 12.2 Å². The fourth-order valence-electron chi connectivity index (χ4n) is 2.41. The van der Waals surface area contributed by atoms with E-state index in [1.807, 2.05) is 4.57 Å². The first-order chi connectivity index (χ1) is 9.63. The lowest BCUT2D eigenvalue weighted by molar-refractivity contribution is 0.448. The number of aromatic nitrogens is 4. The molecule has 0 atom stereocenters. The molecule has 0 aliphatic carbocycles. The third kappa shape index (κ3) is 1.98. The molecule has 2 aromatic heterocycles. The van der Waals surface area contributed by atoms with Gasteiger partial charge in [-0.25, -0.2) is 9.39 Å². The van der Waals surface area contributed by atoms with E-state index in [0.717, 1.165) is 4.62 Å². The van der Waals surface area contributed by atoms with Crippen molar-refractivity contribution in [2.24, 2.45) is 4.99 Å². The van der Waals surface area contributed by atoms with Crippen LogP contribution in [0.25, 0.3) is 5.78 Å². The predicted octanol–water partition coefficient (Wildman–Crippen LogP) is 1.93. The van der Waals surface area contributed by atoms with Gasteiger partial charge in [-0.3, -0.25) is 13.8 Å². The number of aliphatic imine (C=N–C) groups is 1. The standard InChI is InChI=1S/C12H13BrFN5O/c1-7-16-17-12-18(5-3-2-4-14)10-8(6-9(13)15-10)11(20)19(7)12/h2-6H2,1H3. The summed E-state index contributed by atoms with van der Waals surface area (Å²) in [6.07, 6.45) is 1.62. The van der Waals surface area contributed by atoms with Gasteiger partial charge in [-0.2, -0.15) is 0 Å². The van der Waals surface area contributed by atoms with Gasteiger partial charge in [0.1, 0.15) is 11.6 Å². The molecule has 1 aliphatic heterocycles. The van der Waals surface area contributed by atoms with Crippen LogP contribution in [0.15, 0.2) is 9.79 Å². The molecule has 0 saturated carbocycles. The molecule has 0 amide bonds. The minimum atomic E-state index is -0.350. The zero-order valence-corrected chi connectivity index (χ0v) is 12.5. The summed E-state index contributed by atoms with van der Waals surface area (Å²) in [4.78, 5) is 16.8. The summed E-state index contributed by atoms with van der Waals surface area (Å²) >= 11 is 3.34. The molecule has 2 aromatic rings. The van der Waals surface area contributed by atoms with Crippen molar-refractivity contribution in [3.8, 4) is 0 Å². The van der Waals surface area contributed by atoms with Crippen LogP contribution in [-0.2, 0) is 13.0 Å². The predicted molar refractivity (Wildman–Crippen MR) is 76.9 cm³/mol. The normalized spacial score (nSPS) is 13.8. The molecule has 0 N–H and O–H groups in total. The Labute approximate surface area is 122 Å². The van der Waals surface area contributed by atoms with E-state index in [2.05, 4.69) is 31.1 Å². The summed E-state index contributed by atoms with van der Waals surface area (Å²) in [5, 5.41) is 8.02. The number of rotatable bonds is 4. The van der Waals surface area contributed by atoms with Gasteiger partial charge in [0.05, 0.1) is 16.9 Å². The van der Waals surface area contributed by atoms with Gasteiger partial charge in [-0.15, -0.1) is 10.2 Å². The molecule has 8 heteroatoms. The Kier molecular flexibility index (Phi) is 3.41. The molecule has 106 valence electrons. The minimum Gasteiger partial charge on any atom is -0.294 e. The number of hydrogen-bond donors (Lipinski definition) is 0. The topological polar surface area (TPSA) is 64.5 Å². The Morgan fingerprint density at radius 1 is 1.35 bits per heavy atom. The van der Waals surface area contributed by atoms with Crippen LogP contribution in [0.3, 0.4) is 0 Å². The van der Waals surface area contributed by atoms with Crippen molar-refractivity contribution in [2.75, 3.05) is 6.67 Å². The fourth-order valence-corrected chi connectivity index (χ4v) is 2.85. The van der Waals surface area contributed by atoms with Crippen molar-refractivity contribution in [3.05, 3.63) is 21.7 Å². The van der Waals surface area contributed by atoms with Crippen molar-refractivity contribution in [1.82, 2.24) is 19.2 Å². The Bertz CT molecular complexity index is 763. The number of aryl methyl sites for hydroxylation is 2. The molecule has 1 aliphatic rings. The van der Waals surface area contributed by atoms with Gasteiger partial charge in [-0.1, -0.05) is 0 Å². The number of nitrogens with zero attached hydrogens (tertiary/aromatic N) is 5. The molecule has 0 bridgehead atoms. The fraction of sp³-hybridized carbons (Fsp3) is 0.500. The second-order valence-electron chi connectivity index (χ2n) is 4.70. The van der Waals surface area contributed by atoms with Crippen molar-refractivity contribution in [1.29, 1.82) is 0 Å². The summed E-state index contributed by atoms with van der Waals surface area (Å²) in [5.74, 6) is 1.63. The molecular weight excluding hydrogens is 329 g/mol. The molecule has 0 unspecified atom stereocenters. The van der Waals surface area contributed by atoms with Crippen LogP contribution >= 0.6 is 15.9 Å². The van der Waals surface area contributed by atoms with E-state index in [1.165, 1.54) is 4.40 Å². The van der Waals surface area contributed by atoms with Crippen LogP contribution in [-0.4, -0.2) is 30.5 Å². The van der Waals surface area contributed by atoms with Gasteiger partial charge in [-0.05, 0) is 35.7 Å². The van der Waals surface area contributed by atoms with Crippen molar-refractivity contribution >= 4 is 32.1 Å². The van der Waals surface area contributed by atoms with Crippen LogP contribution in [0.4, 0.5) is 10.2 Å². The summed E-state index contributed by atoms with van der Waals surface area (Å²) in [5.41, 5.74) is 0.505. The molecule has 20 heavy (non-hydrogen) atoms. The average molecular weight is 342 g/mol. The maximum atomic E-state index is 12.4. The molecule has 0 fully saturated rings. The average Bonchev–Trinajstić information content (AvgIpc) is 2.98. The smallest absolute Gasteiger partial charge is 0.266 e. The lowest BCUT2D eigenvalue weighted by atomic mass is 10.2. The maximum Gasteiger partial charge on any atom is 0.266 e. The van der Waals surface area contributed by atoms with Gasteiger partial charge >= 0.3 is 0 Å². The Hall–Kier alpha value is -1.57. The van der Waals surface area contributed by atoms with E-state index in [1.54, 1.807) is 6.92 Å². The monoisotopic (exact) mass is 341 g/mol. The van der Waals surface area contributed by atoms with Gasteiger partial charge in [0, 0.05) is 13.0 Å². The van der Waals surface area contributed by atoms with Crippen LogP contribution in [0.2, 0.25) is 0 Å². The second kappa shape index (κ2) is 5.08. The Morgan fingerprint density at radius 3 is 2.90 bits per heavy atom. The van der Waals surface area contributed by atoms with Crippen LogP contribution in [0.1, 0.15) is 24.2 Å². The van der Waals surface area contributed by atoms with Crippen molar-refractivity contribution in [3.63, 3.8) is 0 Å². The molecule has 0 aromatic carbocycles. The van der Waals surface area contributed by atoms with Gasteiger partial charge in [0.2, 0.25) is 5.78 Å². The summed E-state index contributed by atoms with van der Waals surface area (Å²) in [7, 11) is 0. The third-order valence-corrected chi connectivity index (χ3v) is 3.81. The Morgan fingerprint density at radius 2 is 2.15 bits per heavy atom. The van der Waals surface area contributed by atoms with Gasteiger partial charge in [0.25, 0.3) is 5.56 Å². The number of alkyl halides is 1. The van der Waals surface area contributed by atoms with E-state index in [9.17, 15) is 9.18 Å². The van der Waals surface area contributed by atoms with E-state index in [0.29, 0.717) is 48.8 Å². The van der Waals surface area contributed by atoms with E-state index < -0.39 is 0 Å². The zero-order valence-electron chi connectivity index (χ0n) is 10.9. The maximum absolute atomic E-state index is 12.4. The largest absolute Gasteiger partial charge is 0.294 e. The van der Waals surface area contributed by atoms with Gasteiger partial charge < -0.3 is 0 Å². The lowest BCUT2D eigenvalue weighted by Crippen LogP contribution is -2.23. The number of unbranched alkanes of at least 4 members (excludes halogenated alkanes) is 1. The lowest BCUT2D eigenvalue weighted by Gasteiger charge is -2.11. The highest BCUT2D eigenvalue weighted by molar-refractivity contribution is 9.18. The number of halogens is 2. The first kappa shape index (κ1) is 13.4.